The molecule has 0 spiro atoms. The molecule has 5 heteroatoms. The Morgan fingerprint density at radius 1 is 0.962 bits per heavy atom. The number of carbonyl (C=O) groups excluding carboxylic acids is 2. The highest BCUT2D eigenvalue weighted by Gasteiger charge is 2.27. The Kier molecular flexibility index (Phi) is 4.13. The van der Waals surface area contributed by atoms with Gasteiger partial charge in [-0.25, -0.2) is 0 Å². The first-order chi connectivity index (χ1) is 12.6. The number of benzene rings is 2. The molecule has 0 aliphatic heterocycles. The molecule has 0 radical (unpaired) electrons. The van der Waals surface area contributed by atoms with Crippen LogP contribution in [0.2, 0.25) is 0 Å². The van der Waals surface area contributed by atoms with E-state index in [0.717, 1.165) is 29.4 Å². The van der Waals surface area contributed by atoms with E-state index in [4.69, 9.17) is 4.98 Å². The number of rotatable bonds is 4. The van der Waals surface area contributed by atoms with Crippen LogP contribution in [0, 0.1) is 0 Å². The molecule has 1 fully saturated rings. The number of nitrogens with one attached hydrogen (secondary N) is 2. The van der Waals surface area contributed by atoms with E-state index in [1.807, 2.05) is 30.3 Å². The van der Waals surface area contributed by atoms with Crippen molar-refractivity contribution in [3.63, 3.8) is 0 Å². The molecule has 0 atom stereocenters. The van der Waals surface area contributed by atoms with Crippen LogP contribution in [0.1, 0.15) is 41.7 Å². The monoisotopic (exact) mass is 345 g/mol. The lowest BCUT2D eigenvalue weighted by molar-refractivity contribution is -0.114. The van der Waals surface area contributed by atoms with Crippen molar-refractivity contribution in [3.05, 3.63) is 65.9 Å². The highest BCUT2D eigenvalue weighted by Crippen LogP contribution is 2.40. The minimum Gasteiger partial charge on any atom is -0.326 e. The summed E-state index contributed by atoms with van der Waals surface area (Å²) in [7, 11) is 0. The fourth-order valence-corrected chi connectivity index (χ4v) is 3.05. The first-order valence-electron chi connectivity index (χ1n) is 8.69. The second kappa shape index (κ2) is 6.59. The molecule has 26 heavy (non-hydrogen) atoms. The molecule has 0 unspecified atom stereocenters. The van der Waals surface area contributed by atoms with E-state index in [1.165, 1.54) is 6.92 Å². The van der Waals surface area contributed by atoms with Crippen molar-refractivity contribution in [2.75, 3.05) is 10.6 Å². The van der Waals surface area contributed by atoms with Gasteiger partial charge >= 0.3 is 0 Å². The Hall–Kier alpha value is -3.21. The summed E-state index contributed by atoms with van der Waals surface area (Å²) in [5.41, 5.74) is 3.74. The van der Waals surface area contributed by atoms with E-state index in [0.29, 0.717) is 22.9 Å². The molecule has 2 N–H and O–H groups in total. The second-order valence-electron chi connectivity index (χ2n) is 6.60. The largest absolute Gasteiger partial charge is 0.326 e. The van der Waals surface area contributed by atoms with E-state index in [1.54, 1.807) is 24.3 Å². The topological polar surface area (TPSA) is 71.1 Å². The Labute approximate surface area is 151 Å². The minimum absolute atomic E-state index is 0.150. The highest BCUT2D eigenvalue weighted by atomic mass is 16.2. The predicted molar refractivity (Wildman–Crippen MR) is 102 cm³/mol. The van der Waals surface area contributed by atoms with E-state index in [-0.39, 0.29) is 11.8 Å². The number of anilines is 2. The molecule has 130 valence electrons. The van der Waals surface area contributed by atoms with Gasteiger partial charge in [-0.3, -0.25) is 14.6 Å². The Balaban J connectivity index is 1.67. The summed E-state index contributed by atoms with van der Waals surface area (Å²) in [6.07, 6.45) is 2.26. The lowest BCUT2D eigenvalue weighted by Gasteiger charge is -2.11. The van der Waals surface area contributed by atoms with Crippen LogP contribution in [0.4, 0.5) is 11.4 Å². The molecule has 1 saturated carbocycles. The first kappa shape index (κ1) is 16.3. The van der Waals surface area contributed by atoms with E-state index >= 15 is 0 Å². The molecule has 2 amide bonds. The number of amides is 2. The van der Waals surface area contributed by atoms with Crippen LogP contribution in [0.3, 0.4) is 0 Å². The lowest BCUT2D eigenvalue weighted by atomic mass is 10.1. The van der Waals surface area contributed by atoms with Crippen molar-refractivity contribution < 1.29 is 9.59 Å². The zero-order valence-electron chi connectivity index (χ0n) is 14.5. The third-order valence-electron chi connectivity index (χ3n) is 4.42. The second-order valence-corrected chi connectivity index (χ2v) is 6.60. The Morgan fingerprint density at radius 2 is 1.69 bits per heavy atom. The van der Waals surface area contributed by atoms with Crippen LogP contribution < -0.4 is 10.6 Å². The minimum atomic E-state index is -0.175. The number of pyridine rings is 1. The van der Waals surface area contributed by atoms with Crippen LogP contribution in [0.25, 0.3) is 10.9 Å². The van der Waals surface area contributed by atoms with Crippen molar-refractivity contribution in [2.24, 2.45) is 0 Å². The molecule has 4 rings (SSSR count). The molecular formula is C21H19N3O2. The normalized spacial score (nSPS) is 13.4. The first-order valence-corrected chi connectivity index (χ1v) is 8.69. The molecule has 2 aromatic carbocycles. The Morgan fingerprint density at radius 3 is 2.42 bits per heavy atom. The molecule has 0 saturated heterocycles. The van der Waals surface area contributed by atoms with Crippen LogP contribution in [0.5, 0.6) is 0 Å². The molecule has 1 aliphatic carbocycles. The predicted octanol–water partition coefficient (Wildman–Crippen LogP) is 4.32. The van der Waals surface area contributed by atoms with Crippen molar-refractivity contribution in [1.29, 1.82) is 0 Å². The zero-order chi connectivity index (χ0) is 18.1. The van der Waals surface area contributed by atoms with Gasteiger partial charge in [-0.2, -0.15) is 0 Å². The summed E-state index contributed by atoms with van der Waals surface area (Å²) in [6.45, 7) is 1.45. The molecule has 0 bridgehead atoms. The average molecular weight is 345 g/mol. The smallest absolute Gasteiger partial charge is 0.256 e. The Bertz CT molecular complexity index is 1010. The summed E-state index contributed by atoms with van der Waals surface area (Å²) in [6, 6.07) is 16.7. The number of carbonyl (C=O) groups is 2. The summed E-state index contributed by atoms with van der Waals surface area (Å²) < 4.78 is 0. The van der Waals surface area contributed by atoms with Gasteiger partial charge in [0.15, 0.2) is 0 Å². The van der Waals surface area contributed by atoms with Crippen molar-refractivity contribution >= 4 is 34.1 Å². The average Bonchev–Trinajstić information content (AvgIpc) is 3.45. The van der Waals surface area contributed by atoms with Gasteiger partial charge in [0, 0.05) is 35.3 Å². The SMILES string of the molecule is CC(=O)Nc1cccc(NC(=O)c2cc(C3CC3)nc3ccccc23)c1. The van der Waals surface area contributed by atoms with Gasteiger partial charge in [0.05, 0.1) is 11.1 Å². The maximum Gasteiger partial charge on any atom is 0.256 e. The number of fused-ring (bicyclic) bond motifs is 1. The van der Waals surface area contributed by atoms with E-state index in [2.05, 4.69) is 10.6 Å². The quantitative estimate of drug-likeness (QED) is 0.739. The molecule has 5 nitrogen and oxygen atoms in total. The molecule has 1 heterocycles. The van der Waals surface area contributed by atoms with Crippen molar-refractivity contribution in [2.45, 2.75) is 25.7 Å². The summed E-state index contributed by atoms with van der Waals surface area (Å²) in [5, 5.41) is 6.49. The number of hydrogen-bond acceptors (Lipinski definition) is 3. The maximum atomic E-state index is 12.9. The highest BCUT2D eigenvalue weighted by molar-refractivity contribution is 6.12. The van der Waals surface area contributed by atoms with Crippen molar-refractivity contribution in [1.82, 2.24) is 4.98 Å². The van der Waals surface area contributed by atoms with Crippen LogP contribution in [-0.4, -0.2) is 16.8 Å². The molecular weight excluding hydrogens is 326 g/mol. The maximum absolute atomic E-state index is 12.9. The fraction of sp³-hybridized carbons (Fsp3) is 0.190. The van der Waals surface area contributed by atoms with E-state index in [9.17, 15) is 9.59 Å². The van der Waals surface area contributed by atoms with Gasteiger partial charge in [-0.05, 0) is 43.2 Å². The zero-order valence-corrected chi connectivity index (χ0v) is 14.5. The van der Waals surface area contributed by atoms with Crippen LogP contribution in [-0.2, 0) is 4.79 Å². The number of para-hydroxylation sites is 1. The number of nitrogens with zero attached hydrogens (tertiary/aromatic N) is 1. The van der Waals surface area contributed by atoms with Gasteiger partial charge in [-0.15, -0.1) is 0 Å². The molecule has 1 aliphatic rings. The van der Waals surface area contributed by atoms with Crippen LogP contribution in [0.15, 0.2) is 54.6 Å². The number of aromatic nitrogens is 1. The van der Waals surface area contributed by atoms with E-state index < -0.39 is 0 Å². The van der Waals surface area contributed by atoms with Gasteiger partial charge in [0.25, 0.3) is 5.91 Å². The lowest BCUT2D eigenvalue weighted by Crippen LogP contribution is -2.14. The van der Waals surface area contributed by atoms with Gasteiger partial charge in [0.2, 0.25) is 5.91 Å². The number of hydrogen-bond donors (Lipinski definition) is 2. The summed E-state index contributed by atoms with van der Waals surface area (Å²) in [4.78, 5) is 28.9. The molecule has 3 aromatic rings. The standard InChI is InChI=1S/C21H19N3O2/c1-13(25)22-15-5-4-6-16(11-15)23-21(26)18-12-20(14-9-10-14)24-19-8-3-2-7-17(18)19/h2-8,11-12,14H,9-10H2,1H3,(H,22,25)(H,23,26). The fourth-order valence-electron chi connectivity index (χ4n) is 3.05. The van der Waals surface area contributed by atoms with Gasteiger partial charge < -0.3 is 10.6 Å². The summed E-state index contributed by atoms with van der Waals surface area (Å²) >= 11 is 0. The summed E-state index contributed by atoms with van der Waals surface area (Å²) in [5.74, 6) is 0.141. The van der Waals surface area contributed by atoms with Gasteiger partial charge in [-0.1, -0.05) is 24.3 Å². The van der Waals surface area contributed by atoms with Crippen molar-refractivity contribution in [3.8, 4) is 0 Å². The molecule has 1 aromatic heterocycles. The van der Waals surface area contributed by atoms with Crippen LogP contribution >= 0.6 is 0 Å². The third-order valence-corrected chi connectivity index (χ3v) is 4.42. The third kappa shape index (κ3) is 3.42. The van der Waals surface area contributed by atoms with Gasteiger partial charge in [0.1, 0.15) is 0 Å².